The van der Waals surface area contributed by atoms with Crippen molar-refractivity contribution in [2.24, 2.45) is 5.14 Å². The number of hydrogen-bond donors (Lipinski definition) is 9. The van der Waals surface area contributed by atoms with Crippen molar-refractivity contribution in [3.05, 3.63) is 107 Å². The number of phenols is 2. The Balaban J connectivity index is 0.000000222. The number of hydrogen-bond acceptors (Lipinski definition) is 14. The van der Waals surface area contributed by atoms with Crippen molar-refractivity contribution < 1.29 is 43.0 Å². The molecule has 0 atom stereocenters. The van der Waals surface area contributed by atoms with Gasteiger partial charge in [-0.25, -0.2) is 13.6 Å². The van der Waals surface area contributed by atoms with Crippen LogP contribution in [0, 0.1) is 6.92 Å². The Hall–Kier alpha value is -5.62. The van der Waals surface area contributed by atoms with Gasteiger partial charge in [0.05, 0.1) is 45.9 Å². The Labute approximate surface area is 311 Å². The number of fused-ring (bicyclic) bond motifs is 2. The number of carbonyl (C=O) groups is 2. The van der Waals surface area contributed by atoms with Gasteiger partial charge in [0, 0.05) is 56.2 Å². The maximum Gasteiger partial charge on any atom is 0.238 e. The van der Waals surface area contributed by atoms with Crippen molar-refractivity contribution >= 4 is 33.0 Å². The number of aromatic nitrogens is 1. The van der Waals surface area contributed by atoms with Crippen molar-refractivity contribution in [2.75, 3.05) is 63.1 Å². The normalized spacial score (nSPS) is 12.1. The third-order valence-corrected chi connectivity index (χ3v) is 9.40. The third kappa shape index (κ3) is 8.94. The molecule has 1 aliphatic rings. The van der Waals surface area contributed by atoms with Crippen LogP contribution in [0.1, 0.15) is 37.6 Å². The molecule has 16 heteroatoms. The topological polar surface area (TPSA) is 249 Å². The number of phenolic OH excluding ortho intramolecular Hbond substituents is 2. The van der Waals surface area contributed by atoms with Crippen LogP contribution in [-0.2, 0) is 10.0 Å². The lowest BCUT2D eigenvalue weighted by Gasteiger charge is -2.25. The van der Waals surface area contributed by atoms with Crippen molar-refractivity contribution in [3.63, 3.8) is 0 Å². The van der Waals surface area contributed by atoms with Gasteiger partial charge in [-0.1, -0.05) is 47.6 Å². The number of primary sulfonamides is 1. The smallest absolute Gasteiger partial charge is 0.238 e. The molecule has 0 saturated carbocycles. The number of anilines is 2. The van der Waals surface area contributed by atoms with Crippen LogP contribution < -0.4 is 26.4 Å². The predicted octanol–water partition coefficient (Wildman–Crippen LogP) is 2.83. The van der Waals surface area contributed by atoms with Crippen LogP contribution in [0.5, 0.6) is 11.5 Å². The van der Waals surface area contributed by atoms with Gasteiger partial charge in [-0.3, -0.25) is 9.59 Å². The lowest BCUT2D eigenvalue weighted by molar-refractivity contribution is 0.0975. The number of nitrogens with one attached hydrogen (secondary N) is 4. The molecule has 4 aromatic carbocycles. The van der Waals surface area contributed by atoms with Crippen molar-refractivity contribution in [2.45, 2.75) is 11.8 Å². The van der Waals surface area contributed by atoms with Gasteiger partial charge in [0.1, 0.15) is 23.0 Å². The lowest BCUT2D eigenvalue weighted by Crippen LogP contribution is -2.28. The summed E-state index contributed by atoms with van der Waals surface area (Å²) in [5.41, 5.74) is 4.00. The Morgan fingerprint density at radius 1 is 0.630 bits per heavy atom. The number of aliphatic hydroxyl groups excluding tert-OH is 2. The van der Waals surface area contributed by atoms with Gasteiger partial charge in [-0.05, 0) is 48.9 Å². The van der Waals surface area contributed by atoms with Crippen LogP contribution in [0.4, 0.5) is 11.4 Å². The minimum atomic E-state index is -3.70. The van der Waals surface area contributed by atoms with Gasteiger partial charge in [-0.2, -0.15) is 0 Å². The molecule has 1 heterocycles. The van der Waals surface area contributed by atoms with Crippen LogP contribution in [0.25, 0.3) is 22.4 Å². The fourth-order valence-corrected chi connectivity index (χ4v) is 6.47. The largest absolute Gasteiger partial charge is 0.507 e. The highest BCUT2D eigenvalue weighted by atomic mass is 32.2. The molecule has 10 N–H and O–H groups in total. The molecule has 0 unspecified atom stereocenters. The summed E-state index contributed by atoms with van der Waals surface area (Å²) in [6, 6.07) is 21.8. The summed E-state index contributed by atoms with van der Waals surface area (Å²) >= 11 is 0. The summed E-state index contributed by atoms with van der Waals surface area (Å²) in [6.45, 7) is 4.63. The number of rotatable bonds is 15. The summed E-state index contributed by atoms with van der Waals surface area (Å²) < 4.78 is 28.0. The summed E-state index contributed by atoms with van der Waals surface area (Å²) in [6.07, 6.45) is 0. The van der Waals surface area contributed by atoms with Gasteiger partial charge in [0.2, 0.25) is 21.6 Å². The third-order valence-electron chi connectivity index (χ3n) is 8.47. The summed E-state index contributed by atoms with van der Waals surface area (Å²) in [7, 11) is -3.70. The first-order valence-corrected chi connectivity index (χ1v) is 18.6. The van der Waals surface area contributed by atoms with E-state index in [1.165, 1.54) is 24.3 Å². The van der Waals surface area contributed by atoms with E-state index < -0.39 is 21.6 Å². The van der Waals surface area contributed by atoms with Crippen molar-refractivity contribution in [3.8, 4) is 33.9 Å². The zero-order valence-electron chi connectivity index (χ0n) is 29.4. The number of carbonyl (C=O) groups excluding carboxylic acids is 2. The zero-order chi connectivity index (χ0) is 38.8. The molecule has 0 aliphatic heterocycles. The van der Waals surface area contributed by atoms with Crippen LogP contribution in [-0.4, -0.2) is 98.0 Å². The highest BCUT2D eigenvalue weighted by Crippen LogP contribution is 2.42. The SMILES string of the molecule is Cc1onc(-c2ccccc2)c1-c1ccc(S(N)(=O)=O)cc1.O=C1c2c(O)ccc(O)c2C(=O)c2c(NCCNCCO)ccc(NCCNCCO)c21. The van der Waals surface area contributed by atoms with E-state index in [4.69, 9.17) is 19.9 Å². The fourth-order valence-electron chi connectivity index (χ4n) is 5.96. The summed E-state index contributed by atoms with van der Waals surface area (Å²) in [5.74, 6) is -1.19. The van der Waals surface area contributed by atoms with Crippen LogP contribution in [0.3, 0.4) is 0 Å². The van der Waals surface area contributed by atoms with E-state index >= 15 is 0 Å². The lowest BCUT2D eigenvalue weighted by atomic mass is 9.81. The van der Waals surface area contributed by atoms with Crippen molar-refractivity contribution in [1.29, 1.82) is 0 Å². The molecule has 0 bridgehead atoms. The number of ketones is 2. The number of nitrogens with two attached hydrogens (primary N) is 1. The molecule has 0 spiro atoms. The number of aromatic hydroxyl groups is 2. The first kappa shape index (κ1) is 39.6. The van der Waals surface area contributed by atoms with E-state index in [-0.39, 0.29) is 51.9 Å². The van der Waals surface area contributed by atoms with E-state index in [1.54, 1.807) is 24.3 Å². The van der Waals surface area contributed by atoms with Crippen LogP contribution in [0.15, 0.2) is 88.3 Å². The highest BCUT2D eigenvalue weighted by molar-refractivity contribution is 7.89. The molecule has 5 aromatic rings. The molecule has 284 valence electrons. The molecule has 1 aliphatic carbocycles. The quantitative estimate of drug-likeness (QED) is 0.0540. The van der Waals surface area contributed by atoms with Gasteiger partial charge in [0.25, 0.3) is 0 Å². The molecule has 0 saturated heterocycles. The van der Waals surface area contributed by atoms with E-state index in [9.17, 15) is 28.2 Å². The van der Waals surface area contributed by atoms with Gasteiger partial charge < -0.3 is 46.2 Å². The maximum atomic E-state index is 13.4. The average Bonchev–Trinajstić information content (AvgIpc) is 3.56. The number of aliphatic hydroxyl groups is 2. The number of sulfonamides is 1. The fraction of sp³-hybridized carbons (Fsp3) is 0.237. The molecule has 0 radical (unpaired) electrons. The Morgan fingerprint density at radius 2 is 1.13 bits per heavy atom. The summed E-state index contributed by atoms with van der Waals surface area (Å²) in [4.78, 5) is 26.8. The molecule has 1 aromatic heterocycles. The van der Waals surface area contributed by atoms with E-state index in [1.807, 2.05) is 37.3 Å². The van der Waals surface area contributed by atoms with Gasteiger partial charge in [0.15, 0.2) is 0 Å². The monoisotopic (exact) mass is 758 g/mol. The second-order valence-electron chi connectivity index (χ2n) is 12.1. The van der Waals surface area contributed by atoms with Crippen molar-refractivity contribution in [1.82, 2.24) is 15.8 Å². The van der Waals surface area contributed by atoms with E-state index in [2.05, 4.69) is 26.4 Å². The predicted molar refractivity (Wildman–Crippen MR) is 203 cm³/mol. The first-order chi connectivity index (χ1) is 26.0. The minimum absolute atomic E-state index is 0.00939. The maximum absolute atomic E-state index is 13.4. The standard InChI is InChI=1S/C22H28N4O6.C16H14N2O3S/c27-11-9-23-5-7-25-13-1-2-14(26-8-6-24-10-12-28)18-17(13)21(31)19-15(29)3-4-16(30)20(19)22(18)32;1-11-15(12-7-9-14(10-8-12)22(17,19)20)16(18-21-11)13-5-3-2-4-6-13/h1-4,23-30H,5-12H2;2-10H,1H3,(H2,17,19,20). The Kier molecular flexibility index (Phi) is 13.1. The molecular weight excluding hydrogens is 717 g/mol. The van der Waals surface area contributed by atoms with Gasteiger partial charge in [-0.15, -0.1) is 0 Å². The van der Waals surface area contributed by atoms with E-state index in [0.29, 0.717) is 56.4 Å². The molecule has 6 rings (SSSR count). The second-order valence-corrected chi connectivity index (χ2v) is 13.7. The van der Waals surface area contributed by atoms with E-state index in [0.717, 1.165) is 22.4 Å². The summed E-state index contributed by atoms with van der Waals surface area (Å²) in [5, 5.41) is 59.8. The first-order valence-electron chi connectivity index (χ1n) is 17.0. The van der Waals surface area contributed by atoms with Crippen LogP contribution in [0.2, 0.25) is 0 Å². The van der Waals surface area contributed by atoms with Crippen LogP contribution >= 0.6 is 0 Å². The number of nitrogens with zero attached hydrogens (tertiary/aromatic N) is 1. The Morgan fingerprint density at radius 3 is 1.59 bits per heavy atom. The molecule has 0 amide bonds. The molecule has 54 heavy (non-hydrogen) atoms. The second kappa shape index (κ2) is 17.9. The molecule has 15 nitrogen and oxygen atoms in total. The highest BCUT2D eigenvalue weighted by Gasteiger charge is 2.38. The van der Waals surface area contributed by atoms with Gasteiger partial charge >= 0.3 is 0 Å². The molecular formula is C38H42N6O9S. The number of aryl methyl sites for hydroxylation is 1. The zero-order valence-corrected chi connectivity index (χ0v) is 30.2. The number of benzene rings is 4. The Bertz CT molecular complexity index is 2130. The minimum Gasteiger partial charge on any atom is -0.507 e. The molecule has 0 fully saturated rings. The average molecular weight is 759 g/mol.